The third kappa shape index (κ3) is 3.88. The van der Waals surface area contributed by atoms with E-state index in [1.807, 2.05) is 30.9 Å². The molecule has 0 spiro atoms. The Morgan fingerprint density at radius 1 is 1.03 bits per heavy atom. The van der Waals surface area contributed by atoms with Gasteiger partial charge < -0.3 is 4.90 Å². The number of hydrogen-bond acceptors (Lipinski definition) is 5. The van der Waals surface area contributed by atoms with Crippen molar-refractivity contribution in [1.82, 2.24) is 25.0 Å². The van der Waals surface area contributed by atoms with Crippen LogP contribution < -0.4 is 0 Å². The molecule has 5 rings (SSSR count). The SMILES string of the molecule is CC(C)CC(C(=O)N1CCC(c2nc(C3CC3)n[nH]2)CC1)N1C(=O)C2CC=CCC2C1=O. The quantitative estimate of drug-likeness (QED) is 0.543. The van der Waals surface area contributed by atoms with E-state index < -0.39 is 6.04 Å². The number of nitrogens with zero attached hydrogens (tertiary/aromatic N) is 4. The number of amides is 3. The number of piperidine rings is 1. The number of carbonyl (C=O) groups is 3. The zero-order valence-electron chi connectivity index (χ0n) is 19.0. The first-order chi connectivity index (χ1) is 15.4. The molecule has 8 heteroatoms. The van der Waals surface area contributed by atoms with E-state index >= 15 is 0 Å². The van der Waals surface area contributed by atoms with Crippen LogP contribution in [0.25, 0.3) is 0 Å². The molecule has 3 unspecified atom stereocenters. The van der Waals surface area contributed by atoms with Crippen LogP contribution in [-0.2, 0) is 14.4 Å². The van der Waals surface area contributed by atoms with E-state index in [2.05, 4.69) is 10.2 Å². The number of rotatable bonds is 6. The van der Waals surface area contributed by atoms with Crippen LogP contribution >= 0.6 is 0 Å². The highest BCUT2D eigenvalue weighted by Gasteiger charge is 2.51. The molecule has 2 aliphatic heterocycles. The first-order valence-corrected chi connectivity index (χ1v) is 12.2. The summed E-state index contributed by atoms with van der Waals surface area (Å²) in [7, 11) is 0. The summed E-state index contributed by atoms with van der Waals surface area (Å²) in [6, 6.07) is -0.691. The summed E-state index contributed by atoms with van der Waals surface area (Å²) in [5.74, 6) is 1.86. The van der Waals surface area contributed by atoms with Gasteiger partial charge in [-0.1, -0.05) is 26.0 Å². The van der Waals surface area contributed by atoms with Gasteiger partial charge in [-0.2, -0.15) is 5.10 Å². The van der Waals surface area contributed by atoms with Crippen molar-refractivity contribution >= 4 is 17.7 Å². The van der Waals surface area contributed by atoms with Gasteiger partial charge in [0.05, 0.1) is 11.8 Å². The Balaban J connectivity index is 1.27. The predicted molar refractivity (Wildman–Crippen MR) is 117 cm³/mol. The van der Waals surface area contributed by atoms with Gasteiger partial charge in [-0.3, -0.25) is 24.4 Å². The molecule has 2 aliphatic carbocycles. The van der Waals surface area contributed by atoms with Crippen LogP contribution in [0.4, 0.5) is 0 Å². The molecule has 4 aliphatic rings. The highest BCUT2D eigenvalue weighted by atomic mass is 16.2. The van der Waals surface area contributed by atoms with Crippen molar-refractivity contribution in [3.63, 3.8) is 0 Å². The molecule has 1 N–H and O–H groups in total. The molecule has 0 aromatic carbocycles. The molecule has 3 fully saturated rings. The van der Waals surface area contributed by atoms with Gasteiger partial charge in [-0.25, -0.2) is 4.98 Å². The molecule has 8 nitrogen and oxygen atoms in total. The lowest BCUT2D eigenvalue weighted by Crippen LogP contribution is -2.53. The molecule has 2 saturated heterocycles. The molecule has 3 heterocycles. The molecule has 3 atom stereocenters. The summed E-state index contributed by atoms with van der Waals surface area (Å²) >= 11 is 0. The number of aromatic nitrogens is 3. The highest BCUT2D eigenvalue weighted by Crippen LogP contribution is 2.39. The van der Waals surface area contributed by atoms with Gasteiger partial charge >= 0.3 is 0 Å². The Morgan fingerprint density at radius 2 is 1.66 bits per heavy atom. The average Bonchev–Trinajstić information content (AvgIpc) is 3.48. The Bertz CT molecular complexity index is 900. The molecule has 0 radical (unpaired) electrons. The topological polar surface area (TPSA) is 99.3 Å². The van der Waals surface area contributed by atoms with E-state index in [9.17, 15) is 14.4 Å². The fraction of sp³-hybridized carbons (Fsp3) is 0.708. The molecular weight excluding hydrogens is 406 g/mol. The standard InChI is InChI=1S/C24H33N5O3/c1-14(2)13-19(29-22(30)17-5-3-4-6-18(17)23(29)31)24(32)28-11-9-16(10-12-28)21-25-20(26-27-21)15-7-8-15/h3-4,14-19H,5-13H2,1-2H3,(H,25,26,27). The van der Waals surface area contributed by atoms with Crippen molar-refractivity contribution in [2.75, 3.05) is 13.1 Å². The molecule has 172 valence electrons. The summed E-state index contributed by atoms with van der Waals surface area (Å²) < 4.78 is 0. The van der Waals surface area contributed by atoms with Crippen LogP contribution in [0.5, 0.6) is 0 Å². The second kappa shape index (κ2) is 8.45. The Labute approximate surface area is 188 Å². The Morgan fingerprint density at radius 3 is 2.22 bits per heavy atom. The third-order valence-electron chi connectivity index (χ3n) is 7.49. The third-order valence-corrected chi connectivity index (χ3v) is 7.49. The fourth-order valence-corrected chi connectivity index (χ4v) is 5.48. The predicted octanol–water partition coefficient (Wildman–Crippen LogP) is 2.75. The van der Waals surface area contributed by atoms with E-state index in [0.29, 0.717) is 38.3 Å². The normalized spacial score (nSPS) is 27.3. The summed E-state index contributed by atoms with van der Waals surface area (Å²) in [5.41, 5.74) is 0. The van der Waals surface area contributed by atoms with Crippen LogP contribution in [0.1, 0.15) is 82.3 Å². The van der Waals surface area contributed by atoms with Crippen molar-refractivity contribution < 1.29 is 14.4 Å². The number of H-pyrrole nitrogens is 1. The smallest absolute Gasteiger partial charge is 0.245 e. The zero-order valence-corrected chi connectivity index (χ0v) is 19.0. The van der Waals surface area contributed by atoms with Gasteiger partial charge in [-0.05, 0) is 50.9 Å². The zero-order chi connectivity index (χ0) is 22.4. The fourth-order valence-electron chi connectivity index (χ4n) is 5.48. The summed E-state index contributed by atoms with van der Waals surface area (Å²) in [4.78, 5) is 47.7. The molecule has 1 saturated carbocycles. The maximum atomic E-state index is 13.6. The van der Waals surface area contributed by atoms with Gasteiger partial charge in [0, 0.05) is 24.9 Å². The van der Waals surface area contributed by atoms with Crippen LogP contribution in [0.3, 0.4) is 0 Å². The highest BCUT2D eigenvalue weighted by molar-refractivity contribution is 6.08. The maximum absolute atomic E-state index is 13.6. The summed E-state index contributed by atoms with van der Waals surface area (Å²) in [6.07, 6.45) is 9.65. The molecule has 32 heavy (non-hydrogen) atoms. The van der Waals surface area contributed by atoms with Crippen molar-refractivity contribution in [3.05, 3.63) is 23.8 Å². The largest absolute Gasteiger partial charge is 0.341 e. The first-order valence-electron chi connectivity index (χ1n) is 12.2. The number of carbonyl (C=O) groups excluding carboxylic acids is 3. The van der Waals surface area contributed by atoms with Gasteiger partial charge in [0.1, 0.15) is 11.9 Å². The Kier molecular flexibility index (Phi) is 5.63. The monoisotopic (exact) mass is 439 g/mol. The Hall–Kier alpha value is -2.51. The first kappa shape index (κ1) is 21.3. The van der Waals surface area contributed by atoms with E-state index in [-0.39, 0.29) is 41.4 Å². The minimum atomic E-state index is -0.691. The van der Waals surface area contributed by atoms with Crippen LogP contribution in [-0.4, -0.2) is 61.8 Å². The molecule has 3 amide bonds. The average molecular weight is 440 g/mol. The molecule has 0 bridgehead atoms. The van der Waals surface area contributed by atoms with E-state index in [1.165, 1.54) is 17.7 Å². The molecule has 1 aromatic rings. The maximum Gasteiger partial charge on any atom is 0.245 e. The lowest BCUT2D eigenvalue weighted by Gasteiger charge is -2.36. The molecule has 1 aromatic heterocycles. The van der Waals surface area contributed by atoms with Crippen LogP contribution in [0.15, 0.2) is 12.2 Å². The van der Waals surface area contributed by atoms with Crippen molar-refractivity contribution in [2.45, 2.75) is 76.7 Å². The summed E-state index contributed by atoms with van der Waals surface area (Å²) in [6.45, 7) is 5.30. The number of allylic oxidation sites excluding steroid dienone is 2. The van der Waals surface area contributed by atoms with Gasteiger partial charge in [-0.15, -0.1) is 0 Å². The van der Waals surface area contributed by atoms with E-state index in [1.54, 1.807) is 0 Å². The van der Waals surface area contributed by atoms with Gasteiger partial charge in [0.2, 0.25) is 17.7 Å². The second-order valence-electron chi connectivity index (χ2n) is 10.3. The number of nitrogens with one attached hydrogen (secondary N) is 1. The van der Waals surface area contributed by atoms with Gasteiger partial charge in [0.25, 0.3) is 0 Å². The molecular formula is C24H33N5O3. The van der Waals surface area contributed by atoms with E-state index in [4.69, 9.17) is 4.98 Å². The van der Waals surface area contributed by atoms with Crippen LogP contribution in [0.2, 0.25) is 0 Å². The number of aromatic amines is 1. The lowest BCUT2D eigenvalue weighted by atomic mass is 9.85. The number of hydrogen-bond donors (Lipinski definition) is 1. The van der Waals surface area contributed by atoms with Crippen molar-refractivity contribution in [1.29, 1.82) is 0 Å². The second-order valence-corrected chi connectivity index (χ2v) is 10.3. The van der Waals surface area contributed by atoms with E-state index in [0.717, 1.165) is 24.5 Å². The van der Waals surface area contributed by atoms with Crippen LogP contribution in [0, 0.1) is 17.8 Å². The van der Waals surface area contributed by atoms with Crippen molar-refractivity contribution in [3.8, 4) is 0 Å². The number of imide groups is 1. The summed E-state index contributed by atoms with van der Waals surface area (Å²) in [5, 5.41) is 7.48. The minimum Gasteiger partial charge on any atom is -0.341 e. The minimum absolute atomic E-state index is 0.0818. The lowest BCUT2D eigenvalue weighted by molar-refractivity contribution is -0.152. The number of likely N-dealkylation sites (tertiary alicyclic amines) is 2. The van der Waals surface area contributed by atoms with Gasteiger partial charge in [0.15, 0.2) is 5.82 Å². The number of fused-ring (bicyclic) bond motifs is 1. The van der Waals surface area contributed by atoms with Crippen molar-refractivity contribution in [2.24, 2.45) is 17.8 Å².